The Morgan fingerprint density at radius 2 is 1.43 bits per heavy atom. The molecule has 0 aliphatic rings. The normalized spacial score (nSPS) is 10.9. The van der Waals surface area contributed by atoms with E-state index in [1.54, 1.807) is 36.4 Å². The van der Waals surface area contributed by atoms with Crippen molar-refractivity contribution >= 4 is 38.9 Å². The van der Waals surface area contributed by atoms with Crippen LogP contribution in [0.2, 0.25) is 0 Å². The Morgan fingerprint density at radius 1 is 0.833 bits per heavy atom. The number of benzene rings is 3. The van der Waals surface area contributed by atoms with E-state index in [-0.39, 0.29) is 15.9 Å². The van der Waals surface area contributed by atoms with Crippen LogP contribution in [0, 0.1) is 0 Å². The van der Waals surface area contributed by atoms with Gasteiger partial charge in [-0.25, -0.2) is 13.1 Å². The average Bonchev–Trinajstić information content (AvgIpc) is 2.75. The fraction of sp³-hybridized carbons (Fsp3) is 0.0909. The minimum absolute atomic E-state index is 0.125. The number of amides is 1. The van der Waals surface area contributed by atoms with Gasteiger partial charge in [0.15, 0.2) is 5.11 Å². The minimum Gasteiger partial charge on any atom is -0.332 e. The molecule has 3 rings (SSSR count). The van der Waals surface area contributed by atoms with Crippen LogP contribution < -0.4 is 15.4 Å². The van der Waals surface area contributed by atoms with E-state index in [1.165, 1.54) is 12.1 Å². The van der Waals surface area contributed by atoms with Crippen molar-refractivity contribution in [1.82, 2.24) is 10.0 Å². The van der Waals surface area contributed by atoms with E-state index in [0.717, 1.165) is 5.56 Å². The molecule has 0 bridgehead atoms. The Bertz CT molecular complexity index is 1100. The fourth-order valence-electron chi connectivity index (χ4n) is 2.70. The van der Waals surface area contributed by atoms with E-state index in [1.807, 2.05) is 36.4 Å². The van der Waals surface area contributed by atoms with E-state index >= 15 is 0 Å². The highest BCUT2D eigenvalue weighted by molar-refractivity contribution is 7.89. The summed E-state index contributed by atoms with van der Waals surface area (Å²) in [6, 6.07) is 24.5. The molecule has 0 saturated carbocycles. The van der Waals surface area contributed by atoms with E-state index < -0.39 is 10.0 Å². The van der Waals surface area contributed by atoms with Gasteiger partial charge in [0.2, 0.25) is 10.0 Å². The van der Waals surface area contributed by atoms with Gasteiger partial charge < -0.3 is 5.32 Å². The molecule has 6 nitrogen and oxygen atoms in total. The van der Waals surface area contributed by atoms with Crippen LogP contribution in [0.5, 0.6) is 0 Å². The third-order valence-electron chi connectivity index (χ3n) is 4.23. The van der Waals surface area contributed by atoms with Gasteiger partial charge in [-0.05, 0) is 60.6 Å². The Labute approximate surface area is 181 Å². The predicted molar refractivity (Wildman–Crippen MR) is 122 cm³/mol. The van der Waals surface area contributed by atoms with Crippen molar-refractivity contribution in [1.29, 1.82) is 0 Å². The Hall–Kier alpha value is -3.07. The van der Waals surface area contributed by atoms with Crippen molar-refractivity contribution in [3.05, 3.63) is 96.1 Å². The molecule has 0 saturated heterocycles. The zero-order valence-electron chi connectivity index (χ0n) is 16.0. The van der Waals surface area contributed by atoms with Gasteiger partial charge in [-0.15, -0.1) is 0 Å². The Balaban J connectivity index is 1.53. The lowest BCUT2D eigenvalue weighted by Crippen LogP contribution is -2.34. The van der Waals surface area contributed by atoms with Crippen LogP contribution in [0.15, 0.2) is 89.8 Å². The first-order valence-corrected chi connectivity index (χ1v) is 11.1. The number of hydrogen-bond acceptors (Lipinski definition) is 4. The molecule has 0 atom stereocenters. The number of thiocarbonyl (C=S) groups is 1. The summed E-state index contributed by atoms with van der Waals surface area (Å²) >= 11 is 5.15. The van der Waals surface area contributed by atoms with E-state index in [9.17, 15) is 13.2 Å². The second-order valence-corrected chi connectivity index (χ2v) is 8.61. The molecule has 1 amide bonds. The maximum absolute atomic E-state index is 12.4. The molecule has 154 valence electrons. The molecule has 3 aromatic rings. The fourth-order valence-corrected chi connectivity index (χ4v) is 3.94. The lowest BCUT2D eigenvalue weighted by atomic mass is 10.2. The maximum atomic E-state index is 12.4. The third-order valence-corrected chi connectivity index (χ3v) is 5.92. The highest BCUT2D eigenvalue weighted by atomic mass is 32.2. The van der Waals surface area contributed by atoms with Gasteiger partial charge in [0, 0.05) is 17.8 Å². The van der Waals surface area contributed by atoms with Crippen molar-refractivity contribution in [3.8, 4) is 0 Å². The first-order valence-electron chi connectivity index (χ1n) is 9.25. The molecular weight excluding hydrogens is 418 g/mol. The molecule has 0 heterocycles. The first-order chi connectivity index (χ1) is 14.4. The van der Waals surface area contributed by atoms with Gasteiger partial charge >= 0.3 is 0 Å². The quantitative estimate of drug-likeness (QED) is 0.492. The molecule has 0 fully saturated rings. The van der Waals surface area contributed by atoms with Crippen LogP contribution in [0.1, 0.15) is 15.9 Å². The summed E-state index contributed by atoms with van der Waals surface area (Å²) < 4.78 is 27.5. The van der Waals surface area contributed by atoms with Crippen molar-refractivity contribution in [3.63, 3.8) is 0 Å². The largest absolute Gasteiger partial charge is 0.332 e. The standard InChI is InChI=1S/C22H21N3O3S2/c26-21(18-9-5-2-6-10-18)25-22(29)24-19-11-13-20(14-12-19)30(27,28)23-16-15-17-7-3-1-4-8-17/h1-14,23H,15-16H2,(H2,24,25,26,29). The van der Waals surface area contributed by atoms with Crippen molar-refractivity contribution < 1.29 is 13.2 Å². The summed E-state index contributed by atoms with van der Waals surface area (Å²) in [4.78, 5) is 12.3. The van der Waals surface area contributed by atoms with Gasteiger partial charge in [0.25, 0.3) is 5.91 Å². The van der Waals surface area contributed by atoms with Crippen molar-refractivity contribution in [2.24, 2.45) is 0 Å². The summed E-state index contributed by atoms with van der Waals surface area (Å²) in [6.07, 6.45) is 0.606. The number of sulfonamides is 1. The molecule has 0 unspecified atom stereocenters. The van der Waals surface area contributed by atoms with Gasteiger partial charge in [-0.1, -0.05) is 48.5 Å². The van der Waals surface area contributed by atoms with Gasteiger partial charge in [-0.3, -0.25) is 10.1 Å². The van der Waals surface area contributed by atoms with Gasteiger partial charge in [-0.2, -0.15) is 0 Å². The van der Waals surface area contributed by atoms with Crippen molar-refractivity contribution in [2.75, 3.05) is 11.9 Å². The maximum Gasteiger partial charge on any atom is 0.257 e. The monoisotopic (exact) mass is 439 g/mol. The third kappa shape index (κ3) is 6.21. The summed E-state index contributed by atoms with van der Waals surface area (Å²) in [7, 11) is -3.61. The SMILES string of the molecule is O=C(NC(=S)Nc1ccc(S(=O)(=O)NCCc2ccccc2)cc1)c1ccccc1. The summed E-state index contributed by atoms with van der Waals surface area (Å²) in [5, 5.41) is 5.58. The lowest BCUT2D eigenvalue weighted by molar-refractivity contribution is 0.0977. The minimum atomic E-state index is -3.61. The van der Waals surface area contributed by atoms with Crippen LogP contribution in [0.25, 0.3) is 0 Å². The van der Waals surface area contributed by atoms with Crippen LogP contribution in [-0.4, -0.2) is 26.0 Å². The number of carbonyl (C=O) groups is 1. The predicted octanol–water partition coefficient (Wildman–Crippen LogP) is 3.33. The molecule has 0 aromatic heterocycles. The number of carbonyl (C=O) groups excluding carboxylic acids is 1. The highest BCUT2D eigenvalue weighted by Crippen LogP contribution is 2.14. The molecule has 3 aromatic carbocycles. The zero-order valence-corrected chi connectivity index (χ0v) is 17.7. The lowest BCUT2D eigenvalue weighted by Gasteiger charge is -2.11. The molecule has 30 heavy (non-hydrogen) atoms. The van der Waals surface area contributed by atoms with E-state index in [0.29, 0.717) is 24.2 Å². The van der Waals surface area contributed by atoms with Gasteiger partial charge in [0.05, 0.1) is 4.90 Å². The van der Waals surface area contributed by atoms with E-state index in [4.69, 9.17) is 12.2 Å². The second kappa shape index (κ2) is 10.1. The summed E-state index contributed by atoms with van der Waals surface area (Å²) in [5.41, 5.74) is 2.12. The number of anilines is 1. The van der Waals surface area contributed by atoms with Crippen LogP contribution >= 0.6 is 12.2 Å². The summed E-state index contributed by atoms with van der Waals surface area (Å²) in [6.45, 7) is 0.307. The Morgan fingerprint density at radius 3 is 2.07 bits per heavy atom. The average molecular weight is 440 g/mol. The Kier molecular flexibility index (Phi) is 7.29. The topological polar surface area (TPSA) is 87.3 Å². The molecular formula is C22H21N3O3S2. The van der Waals surface area contributed by atoms with Crippen molar-refractivity contribution in [2.45, 2.75) is 11.3 Å². The molecule has 8 heteroatoms. The number of hydrogen-bond donors (Lipinski definition) is 3. The summed E-state index contributed by atoms with van der Waals surface area (Å²) in [5.74, 6) is -0.324. The van der Waals surface area contributed by atoms with Crippen LogP contribution in [0.3, 0.4) is 0 Å². The molecule has 0 aliphatic heterocycles. The highest BCUT2D eigenvalue weighted by Gasteiger charge is 2.13. The molecule has 0 spiro atoms. The zero-order chi connectivity index (χ0) is 21.4. The van der Waals surface area contributed by atoms with Crippen LogP contribution in [0.4, 0.5) is 5.69 Å². The van der Waals surface area contributed by atoms with Gasteiger partial charge in [0.1, 0.15) is 0 Å². The number of rotatable bonds is 7. The van der Waals surface area contributed by atoms with E-state index in [2.05, 4.69) is 15.4 Å². The van der Waals surface area contributed by atoms with Crippen LogP contribution in [-0.2, 0) is 16.4 Å². The second-order valence-electron chi connectivity index (χ2n) is 6.43. The number of nitrogens with one attached hydrogen (secondary N) is 3. The molecule has 0 aliphatic carbocycles. The first kappa shape index (κ1) is 21.6. The smallest absolute Gasteiger partial charge is 0.257 e. The molecule has 3 N–H and O–H groups in total. The molecule has 0 radical (unpaired) electrons.